The second-order valence-corrected chi connectivity index (χ2v) is 4.62. The van der Waals surface area contributed by atoms with Crippen LogP contribution in [0.15, 0.2) is 35.3 Å². The highest BCUT2D eigenvalue weighted by Gasteiger charge is 2.37. The zero-order valence-corrected chi connectivity index (χ0v) is 10.7. The van der Waals surface area contributed by atoms with Gasteiger partial charge in [-0.1, -0.05) is 23.2 Å². The van der Waals surface area contributed by atoms with Crippen molar-refractivity contribution in [1.82, 2.24) is 4.98 Å². The number of aromatic amines is 1. The minimum Gasteiger partial charge on any atom is -0.360 e. The third-order valence-electron chi connectivity index (χ3n) is 2.39. The van der Waals surface area contributed by atoms with Crippen molar-refractivity contribution < 1.29 is 13.2 Å². The van der Waals surface area contributed by atoms with Crippen molar-refractivity contribution in [3.05, 3.63) is 56.3 Å². The van der Waals surface area contributed by atoms with Crippen LogP contribution in [0.1, 0.15) is 5.56 Å². The Morgan fingerprint density at radius 2 is 1.63 bits per heavy atom. The number of pyridine rings is 1. The van der Waals surface area contributed by atoms with Crippen LogP contribution < -0.4 is 5.43 Å². The van der Waals surface area contributed by atoms with Crippen molar-refractivity contribution in [3.8, 4) is 11.3 Å². The van der Waals surface area contributed by atoms with E-state index < -0.39 is 17.2 Å². The molecule has 2 rings (SSSR count). The Bertz CT molecular complexity index is 659. The molecule has 7 heteroatoms. The van der Waals surface area contributed by atoms with Crippen molar-refractivity contribution in [2.24, 2.45) is 0 Å². The SMILES string of the molecule is O=c1cc[nH]c(-c2cc(Cl)cc(Cl)c2)c1C(F)(F)F. The lowest BCUT2D eigenvalue weighted by molar-refractivity contribution is -0.138. The summed E-state index contributed by atoms with van der Waals surface area (Å²) in [5.41, 5.74) is -2.64. The minimum atomic E-state index is -4.76. The summed E-state index contributed by atoms with van der Waals surface area (Å²) >= 11 is 11.5. The first-order valence-corrected chi connectivity index (χ1v) is 5.80. The molecular formula is C12H6Cl2F3NO. The fourth-order valence-corrected chi connectivity index (χ4v) is 2.21. The smallest absolute Gasteiger partial charge is 0.360 e. The average Bonchev–Trinajstić information content (AvgIpc) is 2.25. The van der Waals surface area contributed by atoms with Crippen molar-refractivity contribution in [2.45, 2.75) is 6.18 Å². The second kappa shape index (κ2) is 4.90. The molecule has 1 heterocycles. The largest absolute Gasteiger partial charge is 0.422 e. The molecule has 0 radical (unpaired) electrons. The maximum Gasteiger partial charge on any atom is 0.422 e. The zero-order chi connectivity index (χ0) is 14.2. The number of rotatable bonds is 1. The molecule has 2 nitrogen and oxygen atoms in total. The molecule has 2 aromatic rings. The molecule has 0 aliphatic rings. The van der Waals surface area contributed by atoms with E-state index in [1.807, 2.05) is 0 Å². The molecule has 0 bridgehead atoms. The van der Waals surface area contributed by atoms with Crippen LogP contribution in [0.4, 0.5) is 13.2 Å². The van der Waals surface area contributed by atoms with Gasteiger partial charge in [0.05, 0.1) is 5.69 Å². The Morgan fingerprint density at radius 3 is 2.16 bits per heavy atom. The van der Waals surface area contributed by atoms with E-state index in [2.05, 4.69) is 4.98 Å². The average molecular weight is 308 g/mol. The van der Waals surface area contributed by atoms with Crippen LogP contribution in [0.25, 0.3) is 11.3 Å². The van der Waals surface area contributed by atoms with Gasteiger partial charge in [-0.2, -0.15) is 13.2 Å². The Balaban J connectivity index is 2.76. The highest BCUT2D eigenvalue weighted by atomic mass is 35.5. The number of H-pyrrole nitrogens is 1. The molecular weight excluding hydrogens is 302 g/mol. The van der Waals surface area contributed by atoms with Gasteiger partial charge in [0.2, 0.25) is 0 Å². The number of nitrogens with one attached hydrogen (secondary N) is 1. The van der Waals surface area contributed by atoms with Crippen molar-refractivity contribution >= 4 is 23.2 Å². The predicted octanol–water partition coefficient (Wildman–Crippen LogP) is 4.37. The van der Waals surface area contributed by atoms with E-state index in [-0.39, 0.29) is 21.3 Å². The minimum absolute atomic E-state index is 0.0996. The Morgan fingerprint density at radius 1 is 1.05 bits per heavy atom. The molecule has 0 aliphatic carbocycles. The third-order valence-corrected chi connectivity index (χ3v) is 2.83. The van der Waals surface area contributed by atoms with Gasteiger partial charge < -0.3 is 4.98 Å². The lowest BCUT2D eigenvalue weighted by Gasteiger charge is -2.12. The Labute approximate surface area is 115 Å². The van der Waals surface area contributed by atoms with Crippen LogP contribution in [-0.4, -0.2) is 4.98 Å². The van der Waals surface area contributed by atoms with Crippen LogP contribution in [0.3, 0.4) is 0 Å². The first kappa shape index (κ1) is 14.0. The van der Waals surface area contributed by atoms with Gasteiger partial charge >= 0.3 is 6.18 Å². The summed E-state index contributed by atoms with van der Waals surface area (Å²) in [7, 11) is 0. The lowest BCUT2D eigenvalue weighted by atomic mass is 10.1. The molecule has 100 valence electrons. The molecule has 0 fully saturated rings. The molecule has 0 spiro atoms. The molecule has 0 saturated heterocycles. The van der Waals surface area contributed by atoms with Crippen molar-refractivity contribution in [3.63, 3.8) is 0 Å². The second-order valence-electron chi connectivity index (χ2n) is 3.75. The van der Waals surface area contributed by atoms with E-state index >= 15 is 0 Å². The van der Waals surface area contributed by atoms with E-state index in [1.165, 1.54) is 18.2 Å². The van der Waals surface area contributed by atoms with Crippen LogP contribution >= 0.6 is 23.2 Å². The van der Waals surface area contributed by atoms with Gasteiger partial charge in [0.15, 0.2) is 5.43 Å². The number of benzene rings is 1. The van der Waals surface area contributed by atoms with Crippen molar-refractivity contribution in [2.75, 3.05) is 0 Å². The highest BCUT2D eigenvalue weighted by Crippen LogP contribution is 2.35. The highest BCUT2D eigenvalue weighted by molar-refractivity contribution is 6.35. The molecule has 0 atom stereocenters. The molecule has 0 saturated carbocycles. The van der Waals surface area contributed by atoms with Gasteiger partial charge in [-0.3, -0.25) is 4.79 Å². The summed E-state index contributed by atoms with van der Waals surface area (Å²) in [6.07, 6.45) is -3.62. The number of hydrogen-bond donors (Lipinski definition) is 1. The van der Waals surface area contributed by atoms with E-state index in [1.54, 1.807) is 0 Å². The number of alkyl halides is 3. The molecule has 0 unspecified atom stereocenters. The van der Waals surface area contributed by atoms with E-state index in [4.69, 9.17) is 23.2 Å². The number of aromatic nitrogens is 1. The standard InChI is InChI=1S/C12H6Cl2F3NO/c13-7-3-6(4-8(14)5-7)11-10(12(15,16)17)9(19)1-2-18-11/h1-5H,(H,18,19). The summed E-state index contributed by atoms with van der Waals surface area (Å²) in [6.45, 7) is 0. The first-order valence-electron chi connectivity index (χ1n) is 5.04. The zero-order valence-electron chi connectivity index (χ0n) is 9.18. The Hall–Kier alpha value is -1.46. The molecule has 0 amide bonds. The monoisotopic (exact) mass is 307 g/mol. The summed E-state index contributed by atoms with van der Waals surface area (Å²) in [6, 6.07) is 4.81. The quantitative estimate of drug-likeness (QED) is 0.834. The van der Waals surface area contributed by atoms with E-state index in [0.717, 1.165) is 12.3 Å². The molecule has 19 heavy (non-hydrogen) atoms. The normalized spacial score (nSPS) is 11.6. The summed E-state index contributed by atoms with van der Waals surface area (Å²) in [5.74, 6) is 0. The van der Waals surface area contributed by atoms with Gasteiger partial charge in [0.1, 0.15) is 5.56 Å². The van der Waals surface area contributed by atoms with E-state index in [9.17, 15) is 18.0 Å². The number of halogens is 5. The lowest BCUT2D eigenvalue weighted by Crippen LogP contribution is -2.20. The third kappa shape index (κ3) is 2.93. The van der Waals surface area contributed by atoms with Crippen LogP contribution in [0, 0.1) is 0 Å². The molecule has 1 N–H and O–H groups in total. The first-order chi connectivity index (χ1) is 8.79. The van der Waals surface area contributed by atoms with Gasteiger partial charge in [0.25, 0.3) is 0 Å². The summed E-state index contributed by atoms with van der Waals surface area (Å²) in [4.78, 5) is 13.8. The predicted molar refractivity (Wildman–Crippen MR) is 67.5 cm³/mol. The van der Waals surface area contributed by atoms with Crippen molar-refractivity contribution in [1.29, 1.82) is 0 Å². The maximum atomic E-state index is 12.9. The summed E-state index contributed by atoms with van der Waals surface area (Å²) in [5, 5.41) is 0.362. The van der Waals surface area contributed by atoms with Gasteiger partial charge in [0, 0.05) is 27.9 Å². The molecule has 1 aromatic carbocycles. The van der Waals surface area contributed by atoms with Crippen LogP contribution in [0.2, 0.25) is 10.0 Å². The van der Waals surface area contributed by atoms with Crippen LogP contribution in [-0.2, 0) is 6.18 Å². The fraction of sp³-hybridized carbons (Fsp3) is 0.0833. The summed E-state index contributed by atoms with van der Waals surface area (Å²) < 4.78 is 38.7. The van der Waals surface area contributed by atoms with E-state index in [0.29, 0.717) is 0 Å². The Kier molecular flexibility index (Phi) is 3.60. The number of hydrogen-bond acceptors (Lipinski definition) is 1. The van der Waals surface area contributed by atoms with Crippen LogP contribution in [0.5, 0.6) is 0 Å². The topological polar surface area (TPSA) is 32.9 Å². The van der Waals surface area contributed by atoms with Gasteiger partial charge in [-0.05, 0) is 18.2 Å². The molecule has 1 aromatic heterocycles. The van der Waals surface area contributed by atoms with Gasteiger partial charge in [-0.25, -0.2) is 0 Å². The van der Waals surface area contributed by atoms with Gasteiger partial charge in [-0.15, -0.1) is 0 Å². The fourth-order valence-electron chi connectivity index (χ4n) is 1.69. The maximum absolute atomic E-state index is 12.9. The molecule has 0 aliphatic heterocycles.